The monoisotopic (exact) mass is 269 g/mol. The Labute approximate surface area is 110 Å². The Morgan fingerprint density at radius 3 is 2.83 bits per heavy atom. The molecule has 0 radical (unpaired) electrons. The van der Waals surface area contributed by atoms with Gasteiger partial charge in [0.05, 0.1) is 10.6 Å². The number of halogens is 2. The van der Waals surface area contributed by atoms with Gasteiger partial charge in [-0.3, -0.25) is 4.79 Å². The van der Waals surface area contributed by atoms with Gasteiger partial charge in [0, 0.05) is 12.6 Å². The number of ketones is 1. The topological polar surface area (TPSA) is 38.3 Å². The molecule has 1 heterocycles. The maximum Gasteiger partial charge on any atom is 0.209 e. The predicted molar refractivity (Wildman–Crippen MR) is 67.6 cm³/mol. The van der Waals surface area contributed by atoms with E-state index in [2.05, 4.69) is 5.32 Å². The predicted octanol–water partition coefficient (Wildman–Crippen LogP) is 2.75. The third-order valence-electron chi connectivity index (χ3n) is 2.84. The lowest BCUT2D eigenvalue weighted by molar-refractivity contribution is -0.120. The highest BCUT2D eigenvalue weighted by Crippen LogP contribution is 2.34. The van der Waals surface area contributed by atoms with Crippen molar-refractivity contribution in [3.8, 4) is 0 Å². The quantitative estimate of drug-likeness (QED) is 0.917. The van der Waals surface area contributed by atoms with Gasteiger partial charge in [-0.05, 0) is 12.5 Å². The van der Waals surface area contributed by atoms with Crippen LogP contribution in [0, 0.1) is 5.82 Å². The molecule has 1 atom stereocenters. The summed E-state index contributed by atoms with van der Waals surface area (Å²) in [6.45, 7) is 1.85. The number of hydrogen-bond acceptors (Lipinski definition) is 3. The molecule has 1 aromatic carbocycles. The molecular weight excluding hydrogens is 257 g/mol. The van der Waals surface area contributed by atoms with E-state index >= 15 is 0 Å². The summed E-state index contributed by atoms with van der Waals surface area (Å²) in [5, 5.41) is 2.75. The Morgan fingerprint density at radius 1 is 1.50 bits per heavy atom. The van der Waals surface area contributed by atoms with Crippen LogP contribution in [0.25, 0.3) is 5.57 Å². The SMILES string of the molecule is CCC1OC(NC)=C(c2cccc(F)c2Cl)C1=O. The van der Waals surface area contributed by atoms with E-state index in [-0.39, 0.29) is 10.8 Å². The molecule has 1 aromatic rings. The first-order valence-corrected chi connectivity index (χ1v) is 6.05. The van der Waals surface area contributed by atoms with E-state index in [9.17, 15) is 9.18 Å². The van der Waals surface area contributed by atoms with Crippen molar-refractivity contribution in [1.82, 2.24) is 5.32 Å². The summed E-state index contributed by atoms with van der Waals surface area (Å²) in [4.78, 5) is 12.2. The van der Waals surface area contributed by atoms with Crippen molar-refractivity contribution in [2.45, 2.75) is 19.4 Å². The minimum Gasteiger partial charge on any atom is -0.467 e. The summed E-state index contributed by atoms with van der Waals surface area (Å²) in [7, 11) is 1.65. The Morgan fingerprint density at radius 2 is 2.22 bits per heavy atom. The normalized spacial score (nSPS) is 19.1. The van der Waals surface area contributed by atoms with Gasteiger partial charge >= 0.3 is 0 Å². The number of nitrogens with one attached hydrogen (secondary N) is 1. The van der Waals surface area contributed by atoms with Crippen LogP contribution >= 0.6 is 11.6 Å². The molecule has 3 nitrogen and oxygen atoms in total. The number of hydrogen-bond donors (Lipinski definition) is 1. The Hall–Kier alpha value is -1.55. The average Bonchev–Trinajstić information content (AvgIpc) is 2.69. The summed E-state index contributed by atoms with van der Waals surface area (Å²) < 4.78 is 18.9. The molecule has 0 aliphatic carbocycles. The first-order chi connectivity index (χ1) is 8.60. The van der Waals surface area contributed by atoms with Crippen molar-refractivity contribution in [1.29, 1.82) is 0 Å². The minimum atomic E-state index is -0.551. The van der Waals surface area contributed by atoms with Crippen LogP contribution in [0.5, 0.6) is 0 Å². The molecule has 0 saturated heterocycles. The number of carbonyl (C=O) groups is 1. The van der Waals surface area contributed by atoms with Crippen molar-refractivity contribution in [2.75, 3.05) is 7.05 Å². The zero-order chi connectivity index (χ0) is 13.3. The van der Waals surface area contributed by atoms with Gasteiger partial charge < -0.3 is 10.1 Å². The fourth-order valence-corrected chi connectivity index (χ4v) is 2.15. The molecule has 0 spiro atoms. The van der Waals surface area contributed by atoms with E-state index in [4.69, 9.17) is 16.3 Å². The summed E-state index contributed by atoms with van der Waals surface area (Å²) in [5.41, 5.74) is 0.677. The molecule has 0 aromatic heterocycles. The van der Waals surface area contributed by atoms with E-state index < -0.39 is 11.9 Å². The number of rotatable bonds is 3. The number of benzene rings is 1. The molecule has 2 rings (SSSR count). The van der Waals surface area contributed by atoms with Crippen LogP contribution < -0.4 is 5.32 Å². The van der Waals surface area contributed by atoms with E-state index in [1.54, 1.807) is 13.1 Å². The smallest absolute Gasteiger partial charge is 0.209 e. The van der Waals surface area contributed by atoms with E-state index in [1.165, 1.54) is 12.1 Å². The highest BCUT2D eigenvalue weighted by molar-refractivity contribution is 6.36. The lowest BCUT2D eigenvalue weighted by Gasteiger charge is -2.07. The second-order valence-electron chi connectivity index (χ2n) is 3.93. The fraction of sp³-hybridized carbons (Fsp3) is 0.308. The number of ether oxygens (including phenoxy) is 1. The van der Waals surface area contributed by atoms with Gasteiger partial charge in [0.1, 0.15) is 5.82 Å². The van der Waals surface area contributed by atoms with E-state index in [0.717, 1.165) is 0 Å². The van der Waals surface area contributed by atoms with Crippen molar-refractivity contribution in [2.24, 2.45) is 0 Å². The molecule has 18 heavy (non-hydrogen) atoms. The van der Waals surface area contributed by atoms with Gasteiger partial charge in [-0.2, -0.15) is 0 Å². The minimum absolute atomic E-state index is 0.0612. The fourth-order valence-electron chi connectivity index (χ4n) is 1.93. The zero-order valence-corrected chi connectivity index (χ0v) is 10.8. The summed E-state index contributed by atoms with van der Waals surface area (Å²) in [6, 6.07) is 4.38. The van der Waals surface area contributed by atoms with Crippen LogP contribution in [-0.2, 0) is 9.53 Å². The molecule has 5 heteroatoms. The van der Waals surface area contributed by atoms with Gasteiger partial charge in [-0.25, -0.2) is 4.39 Å². The summed E-state index contributed by atoms with van der Waals surface area (Å²) in [6.07, 6.45) is 0.0299. The molecule has 1 unspecified atom stereocenters. The van der Waals surface area contributed by atoms with Gasteiger partial charge in [-0.1, -0.05) is 30.7 Å². The largest absolute Gasteiger partial charge is 0.467 e. The standard InChI is InChI=1S/C13H13ClFNO2/c1-3-9-12(17)10(13(16-2)18-9)7-5-4-6-8(15)11(7)14/h4-6,9,16H,3H2,1-2H3. The highest BCUT2D eigenvalue weighted by atomic mass is 35.5. The number of Topliss-reactive ketones (excluding diaryl/α,β-unsaturated/α-hetero) is 1. The molecule has 96 valence electrons. The van der Waals surface area contributed by atoms with Gasteiger partial charge in [-0.15, -0.1) is 0 Å². The molecule has 0 bridgehead atoms. The molecule has 1 N–H and O–H groups in total. The van der Waals surface area contributed by atoms with Gasteiger partial charge in [0.15, 0.2) is 12.0 Å². The zero-order valence-electron chi connectivity index (χ0n) is 10.1. The Kier molecular flexibility index (Phi) is 3.57. The van der Waals surface area contributed by atoms with E-state index in [0.29, 0.717) is 23.4 Å². The second-order valence-corrected chi connectivity index (χ2v) is 4.31. The summed E-state index contributed by atoms with van der Waals surface area (Å²) in [5.74, 6) is -0.376. The van der Waals surface area contributed by atoms with Crippen LogP contribution in [0.3, 0.4) is 0 Å². The lowest BCUT2D eigenvalue weighted by Crippen LogP contribution is -2.17. The third kappa shape index (κ3) is 1.97. The molecule has 0 amide bonds. The van der Waals surface area contributed by atoms with Gasteiger partial charge in [0.25, 0.3) is 0 Å². The Bertz CT molecular complexity index is 528. The molecule has 0 saturated carbocycles. The Balaban J connectivity index is 2.54. The highest BCUT2D eigenvalue weighted by Gasteiger charge is 2.35. The van der Waals surface area contributed by atoms with Crippen molar-refractivity contribution < 1.29 is 13.9 Å². The van der Waals surface area contributed by atoms with Crippen LogP contribution in [0.2, 0.25) is 5.02 Å². The maximum absolute atomic E-state index is 13.4. The average molecular weight is 270 g/mol. The van der Waals surface area contributed by atoms with E-state index in [1.807, 2.05) is 6.92 Å². The van der Waals surface area contributed by atoms with Crippen molar-refractivity contribution >= 4 is 23.0 Å². The van der Waals surface area contributed by atoms with Crippen LogP contribution in [-0.4, -0.2) is 18.9 Å². The van der Waals surface area contributed by atoms with Crippen LogP contribution in [0.4, 0.5) is 4.39 Å². The molecule has 1 aliphatic rings. The summed E-state index contributed by atoms with van der Waals surface area (Å²) >= 11 is 5.91. The third-order valence-corrected chi connectivity index (χ3v) is 3.23. The van der Waals surface area contributed by atoms with Gasteiger partial charge in [0.2, 0.25) is 5.78 Å². The van der Waals surface area contributed by atoms with Crippen LogP contribution in [0.1, 0.15) is 18.9 Å². The molecule has 0 fully saturated rings. The first-order valence-electron chi connectivity index (χ1n) is 5.67. The van der Waals surface area contributed by atoms with Crippen molar-refractivity contribution in [3.63, 3.8) is 0 Å². The van der Waals surface area contributed by atoms with Crippen LogP contribution in [0.15, 0.2) is 24.1 Å². The molecular formula is C13H13ClFNO2. The first kappa shape index (κ1) is 12.9. The van der Waals surface area contributed by atoms with Crippen molar-refractivity contribution in [3.05, 3.63) is 40.5 Å². The second kappa shape index (κ2) is 4.98. The maximum atomic E-state index is 13.4. The lowest BCUT2D eigenvalue weighted by atomic mass is 9.99. The molecule has 1 aliphatic heterocycles. The number of carbonyl (C=O) groups excluding carboxylic acids is 1.